The van der Waals surface area contributed by atoms with Crippen LogP contribution in [-0.2, 0) is 16.1 Å². The van der Waals surface area contributed by atoms with Crippen LogP contribution in [0.5, 0.6) is 5.75 Å². The Morgan fingerprint density at radius 3 is 2.41 bits per heavy atom. The highest BCUT2D eigenvalue weighted by Gasteiger charge is 2.16. The van der Waals surface area contributed by atoms with Crippen molar-refractivity contribution in [3.63, 3.8) is 0 Å². The maximum Gasteiger partial charge on any atom is 0.321 e. The predicted octanol–water partition coefficient (Wildman–Crippen LogP) is -0.233. The molecule has 2 aromatic rings. The molecule has 1 atom stereocenters. The van der Waals surface area contributed by atoms with Crippen LogP contribution in [0.4, 0.5) is 10.5 Å². The van der Waals surface area contributed by atoms with Gasteiger partial charge in [0.1, 0.15) is 11.5 Å². The lowest BCUT2D eigenvalue weighted by molar-refractivity contribution is -0.862. The smallest absolute Gasteiger partial charge is 0.321 e. The van der Waals surface area contributed by atoms with Crippen LogP contribution < -0.4 is 25.6 Å². The third-order valence-electron chi connectivity index (χ3n) is 3.55. The van der Waals surface area contributed by atoms with Crippen molar-refractivity contribution in [3.05, 3.63) is 48.4 Å². The van der Waals surface area contributed by atoms with Gasteiger partial charge in [0.15, 0.2) is 13.1 Å². The number of methoxy groups -OCH3 is 1. The van der Waals surface area contributed by atoms with Crippen molar-refractivity contribution in [1.29, 1.82) is 0 Å². The highest BCUT2D eigenvalue weighted by molar-refractivity contribution is 5.95. The number of hydrogen-bond donors (Lipinski definition) is 4. The summed E-state index contributed by atoms with van der Waals surface area (Å²) in [7, 11) is 3.25. The molecule has 0 spiro atoms. The lowest BCUT2D eigenvalue weighted by Crippen LogP contribution is -3.11. The summed E-state index contributed by atoms with van der Waals surface area (Å²) >= 11 is 0. The van der Waals surface area contributed by atoms with Crippen molar-refractivity contribution in [3.8, 4) is 5.75 Å². The van der Waals surface area contributed by atoms with Crippen molar-refractivity contribution >= 4 is 23.5 Å². The van der Waals surface area contributed by atoms with Crippen LogP contribution in [-0.4, -0.2) is 45.1 Å². The monoisotopic (exact) mass is 375 g/mol. The minimum Gasteiger partial charge on any atom is -0.497 e. The number of rotatable bonds is 8. The molecule has 4 amide bonds. The molecule has 1 aromatic carbocycles. The number of anilines is 1. The standard InChI is InChI=1S/C18H22N4O5/c1-22(11-16(23)20-13-5-7-14(26-2)8-6-13)12-17(24)21-18(25)19-10-15-4-3-9-27-15/h3-9H,10-12H2,1-2H3,(H,20,23)(H2,19,21,24,25)/p+1. The zero-order chi connectivity index (χ0) is 19.6. The first-order valence-electron chi connectivity index (χ1n) is 8.31. The normalized spacial score (nSPS) is 11.3. The third kappa shape index (κ3) is 7.20. The molecule has 0 fully saturated rings. The lowest BCUT2D eigenvalue weighted by atomic mass is 10.3. The molecular formula is C18H23N4O5+. The van der Waals surface area contributed by atoms with Crippen molar-refractivity contribution in [2.45, 2.75) is 6.54 Å². The molecule has 1 unspecified atom stereocenters. The van der Waals surface area contributed by atoms with E-state index in [0.29, 0.717) is 22.1 Å². The van der Waals surface area contributed by atoms with E-state index in [2.05, 4.69) is 16.0 Å². The first-order chi connectivity index (χ1) is 13.0. The molecule has 1 heterocycles. The summed E-state index contributed by atoms with van der Waals surface area (Å²) in [6.07, 6.45) is 1.50. The van der Waals surface area contributed by atoms with E-state index in [-0.39, 0.29) is 25.5 Å². The summed E-state index contributed by atoms with van der Waals surface area (Å²) in [5.74, 6) is 0.544. The van der Waals surface area contributed by atoms with Gasteiger partial charge < -0.3 is 24.7 Å². The van der Waals surface area contributed by atoms with E-state index in [4.69, 9.17) is 9.15 Å². The van der Waals surface area contributed by atoms with Gasteiger partial charge in [-0.3, -0.25) is 14.9 Å². The van der Waals surface area contributed by atoms with Gasteiger partial charge in [-0.1, -0.05) is 0 Å². The van der Waals surface area contributed by atoms with Crippen LogP contribution in [0, 0.1) is 0 Å². The summed E-state index contributed by atoms with van der Waals surface area (Å²) in [5.41, 5.74) is 0.635. The Bertz CT molecular complexity index is 759. The summed E-state index contributed by atoms with van der Waals surface area (Å²) in [6, 6.07) is 9.72. The second-order valence-electron chi connectivity index (χ2n) is 5.90. The molecular weight excluding hydrogens is 352 g/mol. The molecule has 4 N–H and O–H groups in total. The number of likely N-dealkylation sites (N-methyl/N-ethyl adjacent to an activating group) is 1. The SMILES string of the molecule is COc1ccc(NC(=O)C[NH+](C)CC(=O)NC(=O)NCc2ccco2)cc1. The molecule has 0 bridgehead atoms. The third-order valence-corrected chi connectivity index (χ3v) is 3.55. The highest BCUT2D eigenvalue weighted by atomic mass is 16.5. The van der Waals surface area contributed by atoms with Crippen LogP contribution in [0.25, 0.3) is 0 Å². The molecule has 9 nitrogen and oxygen atoms in total. The fourth-order valence-corrected chi connectivity index (χ4v) is 2.29. The molecule has 0 aliphatic heterocycles. The van der Waals surface area contributed by atoms with Crippen LogP contribution in [0.3, 0.4) is 0 Å². The number of benzene rings is 1. The molecule has 27 heavy (non-hydrogen) atoms. The number of ether oxygens (including phenoxy) is 1. The molecule has 1 aromatic heterocycles. The van der Waals surface area contributed by atoms with E-state index < -0.39 is 11.9 Å². The van der Waals surface area contributed by atoms with Gasteiger partial charge in [-0.2, -0.15) is 0 Å². The molecule has 2 rings (SSSR count). The number of carbonyl (C=O) groups excluding carboxylic acids is 3. The van der Waals surface area contributed by atoms with Crippen molar-refractivity contribution in [1.82, 2.24) is 10.6 Å². The Labute approximate surface area is 156 Å². The average Bonchev–Trinajstić information content (AvgIpc) is 3.13. The van der Waals surface area contributed by atoms with E-state index in [0.717, 1.165) is 0 Å². The predicted molar refractivity (Wildman–Crippen MR) is 97.3 cm³/mol. The molecule has 0 saturated carbocycles. The first-order valence-corrected chi connectivity index (χ1v) is 8.31. The van der Waals surface area contributed by atoms with Crippen LogP contribution >= 0.6 is 0 Å². The summed E-state index contributed by atoms with van der Waals surface area (Å²) < 4.78 is 10.1. The summed E-state index contributed by atoms with van der Waals surface area (Å²) in [6.45, 7) is 0.233. The molecule has 0 aliphatic carbocycles. The van der Waals surface area contributed by atoms with Gasteiger partial charge in [0.05, 0.1) is 27.0 Å². The second kappa shape index (κ2) is 9.97. The number of carbonyl (C=O) groups is 3. The molecule has 0 saturated heterocycles. The van der Waals surface area contributed by atoms with Gasteiger partial charge in [-0.25, -0.2) is 4.79 Å². The summed E-state index contributed by atoms with van der Waals surface area (Å²) in [5, 5.41) is 7.46. The maximum absolute atomic E-state index is 12.0. The average molecular weight is 375 g/mol. The second-order valence-corrected chi connectivity index (χ2v) is 5.90. The van der Waals surface area contributed by atoms with Gasteiger partial charge in [0.25, 0.3) is 11.8 Å². The number of urea groups is 1. The van der Waals surface area contributed by atoms with Crippen molar-refractivity contribution in [2.75, 3.05) is 32.6 Å². The van der Waals surface area contributed by atoms with Crippen LogP contribution in [0.1, 0.15) is 5.76 Å². The fourth-order valence-electron chi connectivity index (χ4n) is 2.29. The van der Waals surface area contributed by atoms with E-state index in [1.165, 1.54) is 6.26 Å². The number of imide groups is 1. The Kier molecular flexibility index (Phi) is 7.38. The van der Waals surface area contributed by atoms with E-state index >= 15 is 0 Å². The Morgan fingerprint density at radius 2 is 1.78 bits per heavy atom. The number of amides is 4. The Balaban J connectivity index is 1.68. The molecule has 9 heteroatoms. The number of furan rings is 1. The minimum atomic E-state index is -0.619. The van der Waals surface area contributed by atoms with Crippen LogP contribution in [0.15, 0.2) is 47.1 Å². The summed E-state index contributed by atoms with van der Waals surface area (Å²) in [4.78, 5) is 36.2. The zero-order valence-corrected chi connectivity index (χ0v) is 15.2. The van der Waals surface area contributed by atoms with E-state index in [9.17, 15) is 14.4 Å². The van der Waals surface area contributed by atoms with Crippen LogP contribution in [0.2, 0.25) is 0 Å². The maximum atomic E-state index is 12.0. The van der Waals surface area contributed by atoms with E-state index in [1.54, 1.807) is 50.6 Å². The van der Waals surface area contributed by atoms with Gasteiger partial charge >= 0.3 is 6.03 Å². The van der Waals surface area contributed by atoms with Crippen molar-refractivity contribution < 1.29 is 28.4 Å². The zero-order valence-electron chi connectivity index (χ0n) is 15.2. The van der Waals surface area contributed by atoms with Crippen molar-refractivity contribution in [2.24, 2.45) is 0 Å². The quantitative estimate of drug-likeness (QED) is 0.509. The lowest BCUT2D eigenvalue weighted by Gasteiger charge is -2.13. The fraction of sp³-hybridized carbons (Fsp3) is 0.278. The minimum absolute atomic E-state index is 0.0236. The largest absolute Gasteiger partial charge is 0.497 e. The topological polar surface area (TPSA) is 114 Å². The number of hydrogen-bond acceptors (Lipinski definition) is 5. The molecule has 0 aliphatic rings. The van der Waals surface area contributed by atoms with Gasteiger partial charge in [0, 0.05) is 5.69 Å². The number of nitrogens with one attached hydrogen (secondary N) is 4. The number of quaternary nitrogens is 1. The van der Waals surface area contributed by atoms with Gasteiger partial charge in [-0.05, 0) is 36.4 Å². The molecule has 144 valence electrons. The Hall–Kier alpha value is -3.33. The van der Waals surface area contributed by atoms with E-state index in [1.807, 2.05) is 0 Å². The first kappa shape index (κ1) is 20.0. The van der Waals surface area contributed by atoms with Gasteiger partial charge in [-0.15, -0.1) is 0 Å². The van der Waals surface area contributed by atoms with Gasteiger partial charge in [0.2, 0.25) is 0 Å². The Morgan fingerprint density at radius 1 is 1.07 bits per heavy atom. The highest BCUT2D eigenvalue weighted by Crippen LogP contribution is 2.14. The molecule has 0 radical (unpaired) electrons.